The van der Waals surface area contributed by atoms with E-state index < -0.39 is 0 Å². The summed E-state index contributed by atoms with van der Waals surface area (Å²) in [5, 5.41) is 4.61. The van der Waals surface area contributed by atoms with Crippen LogP contribution in [0.25, 0.3) is 0 Å². The third kappa shape index (κ3) is 6.90. The van der Waals surface area contributed by atoms with Gasteiger partial charge in [0.25, 0.3) is 0 Å². The van der Waals surface area contributed by atoms with Crippen LogP contribution in [0.3, 0.4) is 0 Å². The normalized spacial score (nSPS) is 14.7. The molecular weight excluding hydrogens is 454 g/mol. The number of Topliss-reactive ketones (excluding diaryl/α,β-unsaturated/α-hetero) is 1. The van der Waals surface area contributed by atoms with E-state index in [-0.39, 0.29) is 17.6 Å². The van der Waals surface area contributed by atoms with E-state index in [1.807, 2.05) is 42.5 Å². The van der Waals surface area contributed by atoms with E-state index in [2.05, 4.69) is 15.2 Å². The van der Waals surface area contributed by atoms with Crippen molar-refractivity contribution in [1.29, 1.82) is 0 Å². The molecule has 0 spiro atoms. The molecule has 33 heavy (non-hydrogen) atoms. The first-order valence-corrected chi connectivity index (χ1v) is 12.4. The molecule has 1 saturated heterocycles. The van der Waals surface area contributed by atoms with Gasteiger partial charge < -0.3 is 5.32 Å². The standard InChI is InChI=1S/C26H26ClN3O2S/c27-22-9-7-20(8-10-22)26(32)21-11-14-30(15-12-21)17-24(31)29-23-5-3-4-19(16-23)18-33-25-6-1-2-13-28-25/h1-10,13,16,21H,11-12,14-15,17-18H2,(H,29,31). The highest BCUT2D eigenvalue weighted by molar-refractivity contribution is 7.98. The van der Waals surface area contributed by atoms with Crippen molar-refractivity contribution in [3.05, 3.63) is 89.1 Å². The second-order valence-electron chi connectivity index (χ2n) is 8.13. The van der Waals surface area contributed by atoms with Crippen molar-refractivity contribution in [3.8, 4) is 0 Å². The zero-order valence-electron chi connectivity index (χ0n) is 18.2. The number of ketones is 1. The van der Waals surface area contributed by atoms with Gasteiger partial charge in [0, 0.05) is 34.1 Å². The fourth-order valence-electron chi connectivity index (χ4n) is 3.94. The van der Waals surface area contributed by atoms with Crippen molar-refractivity contribution in [2.45, 2.75) is 23.6 Å². The predicted molar refractivity (Wildman–Crippen MR) is 134 cm³/mol. The Morgan fingerprint density at radius 1 is 1.03 bits per heavy atom. The van der Waals surface area contributed by atoms with Crippen molar-refractivity contribution in [3.63, 3.8) is 0 Å². The van der Waals surface area contributed by atoms with Crippen LogP contribution < -0.4 is 5.32 Å². The lowest BCUT2D eigenvalue weighted by Gasteiger charge is -2.30. The molecule has 1 fully saturated rings. The van der Waals surface area contributed by atoms with E-state index >= 15 is 0 Å². The third-order valence-electron chi connectivity index (χ3n) is 5.69. The second-order valence-corrected chi connectivity index (χ2v) is 9.56. The van der Waals surface area contributed by atoms with Crippen molar-refractivity contribution < 1.29 is 9.59 Å². The van der Waals surface area contributed by atoms with E-state index in [1.165, 1.54) is 0 Å². The van der Waals surface area contributed by atoms with Crippen molar-refractivity contribution >= 4 is 40.7 Å². The number of hydrogen-bond donors (Lipinski definition) is 1. The van der Waals surface area contributed by atoms with Gasteiger partial charge in [0.15, 0.2) is 5.78 Å². The molecule has 1 amide bonds. The number of likely N-dealkylation sites (tertiary alicyclic amines) is 1. The number of halogens is 1. The Balaban J connectivity index is 1.23. The number of nitrogens with one attached hydrogen (secondary N) is 1. The average molecular weight is 480 g/mol. The lowest BCUT2D eigenvalue weighted by Crippen LogP contribution is -2.40. The third-order valence-corrected chi connectivity index (χ3v) is 6.96. The van der Waals surface area contributed by atoms with E-state index in [0.717, 1.165) is 48.0 Å². The quantitative estimate of drug-likeness (QED) is 0.338. The summed E-state index contributed by atoms with van der Waals surface area (Å²) in [5.41, 5.74) is 2.63. The fourth-order valence-corrected chi connectivity index (χ4v) is 4.87. The maximum Gasteiger partial charge on any atom is 0.238 e. The molecule has 0 aliphatic carbocycles. The van der Waals surface area contributed by atoms with Gasteiger partial charge in [0.05, 0.1) is 11.6 Å². The van der Waals surface area contributed by atoms with Gasteiger partial charge in [0.2, 0.25) is 5.91 Å². The molecule has 0 bridgehead atoms. The maximum atomic E-state index is 12.7. The van der Waals surface area contributed by atoms with Crippen LogP contribution in [0.2, 0.25) is 5.02 Å². The molecule has 3 aromatic rings. The summed E-state index contributed by atoms with van der Waals surface area (Å²) >= 11 is 7.58. The van der Waals surface area contributed by atoms with Crippen LogP contribution in [0.15, 0.2) is 78.0 Å². The first-order valence-electron chi connectivity index (χ1n) is 11.0. The summed E-state index contributed by atoms with van der Waals surface area (Å²) in [6.45, 7) is 1.80. The molecule has 7 heteroatoms. The number of benzene rings is 2. The Kier molecular flexibility index (Phi) is 8.15. The van der Waals surface area contributed by atoms with Crippen LogP contribution in [0, 0.1) is 5.92 Å². The molecule has 1 aliphatic heterocycles. The number of nitrogens with zero attached hydrogens (tertiary/aromatic N) is 2. The van der Waals surface area contributed by atoms with Crippen LogP contribution in [0.4, 0.5) is 5.69 Å². The van der Waals surface area contributed by atoms with Gasteiger partial charge in [-0.15, -0.1) is 11.8 Å². The van der Waals surface area contributed by atoms with Gasteiger partial charge >= 0.3 is 0 Å². The van der Waals surface area contributed by atoms with Gasteiger partial charge in [-0.25, -0.2) is 4.98 Å². The van der Waals surface area contributed by atoms with Gasteiger partial charge in [-0.05, 0) is 80.0 Å². The molecule has 0 unspecified atom stereocenters. The number of hydrogen-bond acceptors (Lipinski definition) is 5. The van der Waals surface area contributed by atoms with Gasteiger partial charge in [-0.3, -0.25) is 14.5 Å². The minimum Gasteiger partial charge on any atom is -0.325 e. The van der Waals surface area contributed by atoms with Crippen molar-refractivity contribution in [2.24, 2.45) is 5.92 Å². The molecule has 170 valence electrons. The average Bonchev–Trinajstić information content (AvgIpc) is 2.84. The maximum absolute atomic E-state index is 12.7. The number of carbonyl (C=O) groups is 2. The lowest BCUT2D eigenvalue weighted by atomic mass is 9.89. The highest BCUT2D eigenvalue weighted by Gasteiger charge is 2.26. The summed E-state index contributed by atoms with van der Waals surface area (Å²) in [5.74, 6) is 0.914. The van der Waals surface area contributed by atoms with Crippen molar-refractivity contribution in [2.75, 3.05) is 25.0 Å². The molecule has 1 aliphatic rings. The number of pyridine rings is 1. The molecule has 0 radical (unpaired) electrons. The van der Waals surface area contributed by atoms with Gasteiger partial charge in [-0.1, -0.05) is 29.8 Å². The van der Waals surface area contributed by atoms with Crippen LogP contribution in [0.5, 0.6) is 0 Å². The molecule has 0 saturated carbocycles. The van der Waals surface area contributed by atoms with Crippen LogP contribution in [-0.2, 0) is 10.5 Å². The highest BCUT2D eigenvalue weighted by Crippen LogP contribution is 2.24. The highest BCUT2D eigenvalue weighted by atomic mass is 35.5. The number of amides is 1. The molecule has 2 aromatic carbocycles. The number of rotatable bonds is 8. The zero-order chi connectivity index (χ0) is 23.0. The monoisotopic (exact) mass is 479 g/mol. The molecule has 5 nitrogen and oxygen atoms in total. The van der Waals surface area contributed by atoms with Crippen molar-refractivity contribution in [1.82, 2.24) is 9.88 Å². The zero-order valence-corrected chi connectivity index (χ0v) is 19.8. The number of piperidine rings is 1. The molecule has 1 aromatic heterocycles. The lowest BCUT2D eigenvalue weighted by molar-refractivity contribution is -0.117. The molecular formula is C26H26ClN3O2S. The van der Waals surface area contributed by atoms with Gasteiger partial charge in [-0.2, -0.15) is 0 Å². The number of thioether (sulfide) groups is 1. The van der Waals surface area contributed by atoms with E-state index in [4.69, 9.17) is 11.6 Å². The number of aromatic nitrogens is 1. The van der Waals surface area contributed by atoms with Crippen LogP contribution in [0.1, 0.15) is 28.8 Å². The Morgan fingerprint density at radius 3 is 2.55 bits per heavy atom. The largest absolute Gasteiger partial charge is 0.325 e. The Bertz CT molecular complexity index is 1080. The molecule has 4 rings (SSSR count). The molecule has 1 N–H and O–H groups in total. The summed E-state index contributed by atoms with van der Waals surface area (Å²) < 4.78 is 0. The number of anilines is 1. The summed E-state index contributed by atoms with van der Waals surface area (Å²) in [7, 11) is 0. The summed E-state index contributed by atoms with van der Waals surface area (Å²) in [6, 6.07) is 20.9. The van der Waals surface area contributed by atoms with Gasteiger partial charge in [0.1, 0.15) is 0 Å². The number of carbonyl (C=O) groups excluding carboxylic acids is 2. The Labute approximate surface area is 203 Å². The topological polar surface area (TPSA) is 62.3 Å². The van der Waals surface area contributed by atoms with Crippen LogP contribution >= 0.6 is 23.4 Å². The minimum atomic E-state index is -0.0352. The minimum absolute atomic E-state index is 0.00114. The first kappa shape index (κ1) is 23.5. The second kappa shape index (κ2) is 11.5. The molecule has 0 atom stereocenters. The van der Waals surface area contributed by atoms with E-state index in [9.17, 15) is 9.59 Å². The molecule has 2 heterocycles. The Hall–Kier alpha value is -2.67. The first-order chi connectivity index (χ1) is 16.1. The Morgan fingerprint density at radius 2 is 1.82 bits per heavy atom. The van der Waals surface area contributed by atoms with E-state index in [1.54, 1.807) is 42.2 Å². The summed E-state index contributed by atoms with van der Waals surface area (Å²) in [6.07, 6.45) is 3.30. The summed E-state index contributed by atoms with van der Waals surface area (Å²) in [4.78, 5) is 31.7. The predicted octanol–water partition coefficient (Wildman–Crippen LogP) is 5.56. The van der Waals surface area contributed by atoms with Crippen LogP contribution in [-0.4, -0.2) is 41.2 Å². The SMILES string of the molecule is O=C(CN1CCC(C(=O)c2ccc(Cl)cc2)CC1)Nc1cccc(CSc2ccccn2)c1. The van der Waals surface area contributed by atoms with E-state index in [0.29, 0.717) is 17.1 Å². The fraction of sp³-hybridized carbons (Fsp3) is 0.269. The smallest absolute Gasteiger partial charge is 0.238 e.